The number of pyridine rings is 1. The first kappa shape index (κ1) is 17.7. The average Bonchev–Trinajstić information content (AvgIpc) is 3.05. The summed E-state index contributed by atoms with van der Waals surface area (Å²) in [5, 5.41) is 12.5. The van der Waals surface area contributed by atoms with E-state index in [0.717, 1.165) is 6.42 Å². The van der Waals surface area contributed by atoms with Gasteiger partial charge in [0.1, 0.15) is 5.56 Å². The van der Waals surface area contributed by atoms with Gasteiger partial charge >= 0.3 is 0 Å². The number of aliphatic hydroxyl groups excluding tert-OH is 1. The molecule has 23 heavy (non-hydrogen) atoms. The Bertz CT molecular complexity index is 499. The zero-order valence-corrected chi connectivity index (χ0v) is 14.1. The van der Waals surface area contributed by atoms with Gasteiger partial charge in [0.05, 0.1) is 19.3 Å². The molecule has 1 heterocycles. The Hall–Kier alpha value is -1.62. The molecule has 2 N–H and O–H groups in total. The summed E-state index contributed by atoms with van der Waals surface area (Å²) >= 11 is 0. The van der Waals surface area contributed by atoms with Crippen molar-refractivity contribution >= 4 is 5.91 Å². The number of ether oxygens (including phenoxy) is 1. The molecule has 1 fully saturated rings. The van der Waals surface area contributed by atoms with Crippen molar-refractivity contribution in [2.75, 3.05) is 13.2 Å². The molecule has 0 aliphatic heterocycles. The third kappa shape index (κ3) is 5.50. The molecule has 0 saturated heterocycles. The molecule has 5 nitrogen and oxygen atoms in total. The molecule has 1 aliphatic carbocycles. The zero-order chi connectivity index (χ0) is 16.7. The van der Waals surface area contributed by atoms with Gasteiger partial charge in [-0.15, -0.1) is 0 Å². The third-order valence-electron chi connectivity index (χ3n) is 4.22. The Labute approximate surface area is 138 Å². The van der Waals surface area contributed by atoms with Crippen molar-refractivity contribution in [1.29, 1.82) is 0 Å². The number of nitrogens with zero attached hydrogens (tertiary/aromatic N) is 1. The number of nitrogens with one attached hydrogen (secondary N) is 1. The molecule has 2 rings (SSSR count). The number of hydrogen-bond acceptors (Lipinski definition) is 4. The van der Waals surface area contributed by atoms with Crippen molar-refractivity contribution in [2.45, 2.75) is 52.0 Å². The van der Waals surface area contributed by atoms with Gasteiger partial charge in [0, 0.05) is 6.20 Å². The monoisotopic (exact) mass is 320 g/mol. The van der Waals surface area contributed by atoms with Gasteiger partial charge in [-0.2, -0.15) is 0 Å². The highest BCUT2D eigenvalue weighted by Crippen LogP contribution is 2.28. The van der Waals surface area contributed by atoms with Crippen LogP contribution in [0, 0.1) is 11.8 Å². The first-order valence-corrected chi connectivity index (χ1v) is 8.59. The number of rotatable bonds is 8. The van der Waals surface area contributed by atoms with Crippen molar-refractivity contribution in [1.82, 2.24) is 10.3 Å². The van der Waals surface area contributed by atoms with Gasteiger partial charge in [-0.3, -0.25) is 4.79 Å². The van der Waals surface area contributed by atoms with Crippen LogP contribution in [0.2, 0.25) is 0 Å². The molecule has 0 unspecified atom stereocenters. The molecule has 0 aromatic carbocycles. The first-order valence-electron chi connectivity index (χ1n) is 8.59. The molecule has 0 bridgehead atoms. The molecule has 0 radical (unpaired) electrons. The maximum Gasteiger partial charge on any atom is 0.257 e. The Morgan fingerprint density at radius 1 is 1.43 bits per heavy atom. The van der Waals surface area contributed by atoms with Gasteiger partial charge < -0.3 is 15.2 Å². The van der Waals surface area contributed by atoms with Crippen LogP contribution in [-0.2, 0) is 0 Å². The Morgan fingerprint density at radius 3 is 2.83 bits per heavy atom. The Balaban J connectivity index is 1.98. The second kappa shape index (κ2) is 8.87. The van der Waals surface area contributed by atoms with E-state index in [2.05, 4.69) is 10.3 Å². The fraction of sp³-hybridized carbons (Fsp3) is 0.667. The van der Waals surface area contributed by atoms with Gasteiger partial charge in [-0.25, -0.2) is 4.98 Å². The lowest BCUT2D eigenvalue weighted by molar-refractivity contribution is 0.0900. The third-order valence-corrected chi connectivity index (χ3v) is 4.22. The lowest BCUT2D eigenvalue weighted by atomic mass is 9.98. The number of aliphatic hydroxyl groups is 1. The summed E-state index contributed by atoms with van der Waals surface area (Å²) in [4.78, 5) is 16.7. The molecule has 1 aromatic rings. The van der Waals surface area contributed by atoms with E-state index in [9.17, 15) is 9.90 Å². The second-order valence-corrected chi connectivity index (χ2v) is 6.80. The van der Waals surface area contributed by atoms with E-state index < -0.39 is 0 Å². The SMILES string of the molecule is CC(C)COc1ncccc1C(=O)N[C@@H](CO)CC1CCCC1. The van der Waals surface area contributed by atoms with Gasteiger partial charge in [0.2, 0.25) is 5.88 Å². The number of amides is 1. The molecule has 0 spiro atoms. The van der Waals surface area contributed by atoms with Crippen LogP contribution < -0.4 is 10.1 Å². The van der Waals surface area contributed by atoms with E-state index in [1.165, 1.54) is 25.7 Å². The van der Waals surface area contributed by atoms with Crippen molar-refractivity contribution in [3.8, 4) is 5.88 Å². The van der Waals surface area contributed by atoms with Crippen LogP contribution in [-0.4, -0.2) is 35.3 Å². The van der Waals surface area contributed by atoms with Crippen LogP contribution in [0.25, 0.3) is 0 Å². The van der Waals surface area contributed by atoms with Crippen LogP contribution in [0.1, 0.15) is 56.3 Å². The van der Waals surface area contributed by atoms with Crippen LogP contribution in [0.4, 0.5) is 0 Å². The number of aromatic nitrogens is 1. The number of carbonyl (C=O) groups is 1. The largest absolute Gasteiger partial charge is 0.477 e. The fourth-order valence-corrected chi connectivity index (χ4v) is 3.01. The summed E-state index contributed by atoms with van der Waals surface area (Å²) in [6.45, 7) is 4.58. The summed E-state index contributed by atoms with van der Waals surface area (Å²) in [6, 6.07) is 3.23. The van der Waals surface area contributed by atoms with E-state index in [4.69, 9.17) is 4.74 Å². The summed E-state index contributed by atoms with van der Waals surface area (Å²) in [5.41, 5.74) is 0.429. The van der Waals surface area contributed by atoms with Gasteiger partial charge in [-0.1, -0.05) is 39.5 Å². The smallest absolute Gasteiger partial charge is 0.257 e. The number of carbonyl (C=O) groups excluding carboxylic acids is 1. The highest BCUT2D eigenvalue weighted by molar-refractivity contribution is 5.96. The minimum atomic E-state index is -0.228. The predicted molar refractivity (Wildman–Crippen MR) is 89.5 cm³/mol. The lowest BCUT2D eigenvalue weighted by Gasteiger charge is -2.20. The molecule has 1 atom stereocenters. The minimum Gasteiger partial charge on any atom is -0.477 e. The summed E-state index contributed by atoms with van der Waals surface area (Å²) in [5.74, 6) is 1.10. The zero-order valence-electron chi connectivity index (χ0n) is 14.1. The maximum atomic E-state index is 12.5. The quantitative estimate of drug-likeness (QED) is 0.772. The van der Waals surface area contributed by atoms with E-state index in [-0.39, 0.29) is 18.6 Å². The van der Waals surface area contributed by atoms with Crippen LogP contribution in [0.3, 0.4) is 0 Å². The molecule has 1 amide bonds. The van der Waals surface area contributed by atoms with E-state index >= 15 is 0 Å². The Kier molecular flexibility index (Phi) is 6.84. The lowest BCUT2D eigenvalue weighted by Crippen LogP contribution is -2.39. The van der Waals surface area contributed by atoms with Gasteiger partial charge in [-0.05, 0) is 30.4 Å². The second-order valence-electron chi connectivity index (χ2n) is 6.80. The molecular formula is C18H28N2O3. The maximum absolute atomic E-state index is 12.5. The summed E-state index contributed by atoms with van der Waals surface area (Å²) < 4.78 is 5.63. The van der Waals surface area contributed by atoms with Crippen molar-refractivity contribution in [3.63, 3.8) is 0 Å². The van der Waals surface area contributed by atoms with Crippen LogP contribution >= 0.6 is 0 Å². The molecule has 128 valence electrons. The van der Waals surface area contributed by atoms with E-state index in [1.54, 1.807) is 18.3 Å². The molecule has 1 saturated carbocycles. The topological polar surface area (TPSA) is 71.5 Å². The molecule has 1 aromatic heterocycles. The molecule has 5 heteroatoms. The summed E-state index contributed by atoms with van der Waals surface area (Å²) in [7, 11) is 0. The van der Waals surface area contributed by atoms with Gasteiger partial charge in [0.15, 0.2) is 0 Å². The molecule has 1 aliphatic rings. The predicted octanol–water partition coefficient (Wildman–Crippen LogP) is 2.79. The van der Waals surface area contributed by atoms with Crippen molar-refractivity contribution < 1.29 is 14.6 Å². The van der Waals surface area contributed by atoms with Crippen LogP contribution in [0.15, 0.2) is 18.3 Å². The Morgan fingerprint density at radius 2 is 2.17 bits per heavy atom. The first-order chi connectivity index (χ1) is 11.1. The van der Waals surface area contributed by atoms with Crippen molar-refractivity contribution in [3.05, 3.63) is 23.9 Å². The van der Waals surface area contributed by atoms with Gasteiger partial charge in [0.25, 0.3) is 5.91 Å². The fourth-order valence-electron chi connectivity index (χ4n) is 3.01. The van der Waals surface area contributed by atoms with E-state index in [0.29, 0.717) is 29.9 Å². The minimum absolute atomic E-state index is 0.0370. The summed E-state index contributed by atoms with van der Waals surface area (Å²) in [6.07, 6.45) is 7.36. The standard InChI is InChI=1S/C18H28N2O3/c1-13(2)12-23-18-16(8-5-9-19-18)17(22)20-15(11-21)10-14-6-3-4-7-14/h5,8-9,13-15,21H,3-4,6-7,10-12H2,1-2H3,(H,20,22)/t15-/m1/s1. The average molecular weight is 320 g/mol. The van der Waals surface area contributed by atoms with Crippen molar-refractivity contribution in [2.24, 2.45) is 11.8 Å². The number of hydrogen-bond donors (Lipinski definition) is 2. The molecular weight excluding hydrogens is 292 g/mol. The highest BCUT2D eigenvalue weighted by Gasteiger charge is 2.23. The van der Waals surface area contributed by atoms with Crippen LogP contribution in [0.5, 0.6) is 5.88 Å². The normalized spacial score (nSPS) is 16.5. The highest BCUT2D eigenvalue weighted by atomic mass is 16.5. The van der Waals surface area contributed by atoms with E-state index in [1.807, 2.05) is 13.8 Å².